The standard InChI is InChI=1S/C22H20N4O2/c1-16(27)22-24-10-11-26(22)15-20-12-21(28-25-20)19-8-6-17(7-9-19)4-2-3-5-18-13-23-14-18/h6-12,16,18,23,27H,13-15H2,1H3/t16-/m0/s1. The third kappa shape index (κ3) is 4.15. The van der Waals surface area contributed by atoms with Crippen LogP contribution in [0.15, 0.2) is 47.2 Å². The molecular weight excluding hydrogens is 352 g/mol. The highest BCUT2D eigenvalue weighted by Crippen LogP contribution is 2.22. The van der Waals surface area contributed by atoms with Crippen LogP contribution >= 0.6 is 0 Å². The van der Waals surface area contributed by atoms with Gasteiger partial charge in [0.2, 0.25) is 0 Å². The Morgan fingerprint density at radius 1 is 1.29 bits per heavy atom. The molecule has 0 amide bonds. The molecule has 1 aliphatic heterocycles. The number of nitrogens with zero attached hydrogens (tertiary/aromatic N) is 3. The van der Waals surface area contributed by atoms with Gasteiger partial charge in [0.25, 0.3) is 0 Å². The molecule has 0 saturated carbocycles. The van der Waals surface area contributed by atoms with Crippen molar-refractivity contribution in [1.29, 1.82) is 0 Å². The predicted octanol–water partition coefficient (Wildman–Crippen LogP) is 2.21. The summed E-state index contributed by atoms with van der Waals surface area (Å²) in [6, 6.07) is 9.69. The maximum Gasteiger partial charge on any atom is 0.167 e. The Labute approximate surface area is 163 Å². The molecule has 1 atom stereocenters. The van der Waals surface area contributed by atoms with Gasteiger partial charge in [-0.3, -0.25) is 0 Å². The van der Waals surface area contributed by atoms with Gasteiger partial charge in [0, 0.05) is 48.6 Å². The summed E-state index contributed by atoms with van der Waals surface area (Å²) in [5.41, 5.74) is 2.60. The molecule has 3 heterocycles. The van der Waals surface area contributed by atoms with Crippen LogP contribution in [0.5, 0.6) is 0 Å². The lowest BCUT2D eigenvalue weighted by molar-refractivity contribution is 0.184. The molecule has 0 spiro atoms. The van der Waals surface area contributed by atoms with Gasteiger partial charge in [0.15, 0.2) is 5.76 Å². The summed E-state index contributed by atoms with van der Waals surface area (Å²) in [6.45, 7) is 4.10. The molecule has 2 aromatic heterocycles. The first-order valence-corrected chi connectivity index (χ1v) is 9.16. The molecule has 3 aromatic rings. The molecule has 0 radical (unpaired) electrons. The van der Waals surface area contributed by atoms with Gasteiger partial charge >= 0.3 is 0 Å². The van der Waals surface area contributed by atoms with E-state index in [0.717, 1.165) is 29.9 Å². The highest BCUT2D eigenvalue weighted by atomic mass is 16.5. The molecule has 2 N–H and O–H groups in total. The van der Waals surface area contributed by atoms with Crippen LogP contribution in [-0.2, 0) is 6.54 Å². The zero-order chi connectivity index (χ0) is 19.3. The van der Waals surface area contributed by atoms with Crippen molar-refractivity contribution in [1.82, 2.24) is 20.0 Å². The average molecular weight is 372 g/mol. The molecule has 1 saturated heterocycles. The van der Waals surface area contributed by atoms with Crippen molar-refractivity contribution in [2.24, 2.45) is 5.92 Å². The second-order valence-electron chi connectivity index (χ2n) is 6.72. The summed E-state index contributed by atoms with van der Waals surface area (Å²) in [4.78, 5) is 4.16. The second kappa shape index (κ2) is 8.14. The number of aliphatic hydroxyl groups excluding tert-OH is 1. The van der Waals surface area contributed by atoms with Crippen molar-refractivity contribution >= 4 is 0 Å². The monoisotopic (exact) mass is 372 g/mol. The van der Waals surface area contributed by atoms with E-state index in [1.807, 2.05) is 41.1 Å². The van der Waals surface area contributed by atoms with Crippen LogP contribution in [0.2, 0.25) is 0 Å². The van der Waals surface area contributed by atoms with Crippen LogP contribution in [0.4, 0.5) is 0 Å². The third-order valence-electron chi connectivity index (χ3n) is 4.51. The lowest BCUT2D eigenvalue weighted by Crippen LogP contribution is -2.40. The smallest absolute Gasteiger partial charge is 0.167 e. The van der Waals surface area contributed by atoms with Gasteiger partial charge in [-0.05, 0) is 43.0 Å². The Morgan fingerprint density at radius 3 is 2.82 bits per heavy atom. The topological polar surface area (TPSA) is 76.1 Å². The van der Waals surface area contributed by atoms with Gasteiger partial charge in [-0.25, -0.2) is 4.98 Å². The summed E-state index contributed by atoms with van der Waals surface area (Å²) in [7, 11) is 0. The van der Waals surface area contributed by atoms with Crippen molar-refractivity contribution in [3.63, 3.8) is 0 Å². The fourth-order valence-corrected chi connectivity index (χ4v) is 2.87. The fraction of sp³-hybridized carbons (Fsp3) is 0.273. The largest absolute Gasteiger partial charge is 0.385 e. The summed E-state index contributed by atoms with van der Waals surface area (Å²) >= 11 is 0. The minimum Gasteiger partial charge on any atom is -0.385 e. The van der Waals surface area contributed by atoms with Gasteiger partial charge in [0.1, 0.15) is 17.6 Å². The lowest BCUT2D eigenvalue weighted by atomic mass is 10.1. The number of aliphatic hydroxyl groups is 1. The molecule has 0 bridgehead atoms. The van der Waals surface area contributed by atoms with E-state index in [2.05, 4.69) is 39.1 Å². The Bertz CT molecular complexity index is 1070. The molecule has 6 nitrogen and oxygen atoms in total. The first kappa shape index (κ1) is 18.1. The van der Waals surface area contributed by atoms with Gasteiger partial charge in [-0.1, -0.05) is 17.0 Å². The van der Waals surface area contributed by atoms with Crippen molar-refractivity contribution in [2.45, 2.75) is 19.6 Å². The quantitative estimate of drug-likeness (QED) is 0.687. The van der Waals surface area contributed by atoms with Crippen LogP contribution in [0.3, 0.4) is 0 Å². The van der Waals surface area contributed by atoms with Crippen molar-refractivity contribution < 1.29 is 9.63 Å². The maximum absolute atomic E-state index is 9.75. The van der Waals surface area contributed by atoms with Gasteiger partial charge < -0.3 is 19.5 Å². The van der Waals surface area contributed by atoms with E-state index in [4.69, 9.17) is 4.52 Å². The zero-order valence-corrected chi connectivity index (χ0v) is 15.5. The Balaban J connectivity index is 1.42. The Kier molecular flexibility index (Phi) is 5.25. The molecular formula is C22H20N4O2. The van der Waals surface area contributed by atoms with Crippen LogP contribution in [-0.4, -0.2) is 32.9 Å². The molecule has 4 rings (SSSR count). The molecule has 140 valence electrons. The number of benzene rings is 1. The summed E-state index contributed by atoms with van der Waals surface area (Å²) in [5, 5.41) is 17.1. The van der Waals surface area contributed by atoms with Gasteiger partial charge in [-0.2, -0.15) is 0 Å². The Morgan fingerprint density at radius 2 is 2.11 bits per heavy atom. The summed E-state index contributed by atoms with van der Waals surface area (Å²) in [5.74, 6) is 13.7. The number of imidazole rings is 1. The number of nitrogens with one attached hydrogen (secondary N) is 1. The van der Waals surface area contributed by atoms with E-state index < -0.39 is 6.10 Å². The van der Waals surface area contributed by atoms with Crippen LogP contribution in [0, 0.1) is 29.6 Å². The van der Waals surface area contributed by atoms with E-state index in [1.165, 1.54) is 0 Å². The number of hydrogen-bond acceptors (Lipinski definition) is 5. The highest BCUT2D eigenvalue weighted by molar-refractivity contribution is 5.59. The van der Waals surface area contributed by atoms with Crippen LogP contribution in [0.1, 0.15) is 30.1 Å². The summed E-state index contributed by atoms with van der Waals surface area (Å²) in [6.07, 6.45) is 2.84. The van der Waals surface area contributed by atoms with E-state index in [9.17, 15) is 5.11 Å². The van der Waals surface area contributed by atoms with E-state index in [-0.39, 0.29) is 0 Å². The minimum absolute atomic E-state index is 0.441. The van der Waals surface area contributed by atoms with E-state index >= 15 is 0 Å². The number of hydrogen-bond donors (Lipinski definition) is 2. The SMILES string of the molecule is C[C@H](O)c1nccn1Cc1cc(-c2ccc(C#CC#CC3CNC3)cc2)on1. The first-order valence-electron chi connectivity index (χ1n) is 9.16. The molecule has 1 aromatic carbocycles. The third-order valence-corrected chi connectivity index (χ3v) is 4.51. The van der Waals surface area contributed by atoms with Crippen LogP contribution in [0.25, 0.3) is 11.3 Å². The van der Waals surface area contributed by atoms with Gasteiger partial charge in [-0.15, -0.1) is 0 Å². The van der Waals surface area contributed by atoms with Crippen molar-refractivity contribution in [3.05, 3.63) is 59.8 Å². The first-order chi connectivity index (χ1) is 13.7. The lowest BCUT2D eigenvalue weighted by Gasteiger charge is -2.20. The fourth-order valence-electron chi connectivity index (χ4n) is 2.87. The van der Waals surface area contributed by atoms with Crippen molar-refractivity contribution in [3.8, 4) is 35.0 Å². The Hall–Kier alpha value is -3.32. The highest BCUT2D eigenvalue weighted by Gasteiger charge is 2.13. The normalized spacial score (nSPS) is 14.4. The molecule has 28 heavy (non-hydrogen) atoms. The minimum atomic E-state index is -0.634. The molecule has 1 aliphatic rings. The van der Waals surface area contributed by atoms with E-state index in [1.54, 1.807) is 13.1 Å². The number of rotatable bonds is 4. The van der Waals surface area contributed by atoms with Crippen LogP contribution < -0.4 is 5.32 Å². The number of aromatic nitrogens is 3. The summed E-state index contributed by atoms with van der Waals surface area (Å²) < 4.78 is 7.33. The second-order valence-corrected chi connectivity index (χ2v) is 6.72. The van der Waals surface area contributed by atoms with Gasteiger partial charge in [0.05, 0.1) is 6.54 Å². The molecule has 6 heteroatoms. The zero-order valence-electron chi connectivity index (χ0n) is 15.5. The molecule has 0 unspecified atom stereocenters. The molecule has 1 fully saturated rings. The molecule has 0 aliphatic carbocycles. The van der Waals surface area contributed by atoms with E-state index in [0.29, 0.717) is 24.0 Å². The predicted molar refractivity (Wildman–Crippen MR) is 105 cm³/mol. The maximum atomic E-state index is 9.75. The van der Waals surface area contributed by atoms with Crippen molar-refractivity contribution in [2.75, 3.05) is 13.1 Å². The average Bonchev–Trinajstić information content (AvgIpc) is 3.30.